The van der Waals surface area contributed by atoms with Crippen LogP contribution in [0.3, 0.4) is 0 Å². The molecule has 4 rings (SSSR count). The van der Waals surface area contributed by atoms with Gasteiger partial charge in [0.1, 0.15) is 17.6 Å². The predicted octanol–water partition coefficient (Wildman–Crippen LogP) is 3.41. The van der Waals surface area contributed by atoms with Gasteiger partial charge in [-0.2, -0.15) is 5.26 Å². The van der Waals surface area contributed by atoms with Crippen molar-refractivity contribution in [2.75, 3.05) is 54.2 Å². The lowest BCUT2D eigenvalue weighted by Crippen LogP contribution is -2.46. The van der Waals surface area contributed by atoms with Crippen LogP contribution in [0.15, 0.2) is 66.0 Å². The number of nitrogens with one attached hydrogen (secondary N) is 1. The monoisotopic (exact) mass is 460 g/mol. The van der Waals surface area contributed by atoms with Crippen molar-refractivity contribution < 1.29 is 9.53 Å². The average molecular weight is 461 g/mol. The molecule has 0 spiro atoms. The highest BCUT2D eigenvalue weighted by atomic mass is 32.2. The Hall–Kier alpha value is -3.77. The summed E-state index contributed by atoms with van der Waals surface area (Å²) in [5.41, 5.74) is 2.12. The molecule has 1 aliphatic rings. The minimum Gasteiger partial charge on any atom is -0.497 e. The zero-order valence-corrected chi connectivity index (χ0v) is 19.1. The topological polar surface area (TPSA) is 94.4 Å². The van der Waals surface area contributed by atoms with Crippen LogP contribution in [0.4, 0.5) is 17.2 Å². The Kier molecular flexibility index (Phi) is 7.27. The molecule has 0 atom stereocenters. The lowest BCUT2D eigenvalue weighted by molar-refractivity contribution is -0.113. The van der Waals surface area contributed by atoms with Crippen molar-refractivity contribution in [1.82, 2.24) is 9.97 Å². The second kappa shape index (κ2) is 10.7. The van der Waals surface area contributed by atoms with Crippen LogP contribution in [-0.2, 0) is 4.79 Å². The van der Waals surface area contributed by atoms with Crippen molar-refractivity contribution in [3.8, 4) is 11.8 Å². The molecule has 0 radical (unpaired) electrons. The molecule has 1 saturated heterocycles. The Morgan fingerprint density at radius 2 is 1.82 bits per heavy atom. The first-order valence-corrected chi connectivity index (χ1v) is 11.5. The Morgan fingerprint density at radius 3 is 2.55 bits per heavy atom. The van der Waals surface area contributed by atoms with Gasteiger partial charge in [0.05, 0.1) is 24.1 Å². The van der Waals surface area contributed by atoms with Crippen molar-refractivity contribution >= 4 is 34.9 Å². The Bertz CT molecular complexity index is 1140. The summed E-state index contributed by atoms with van der Waals surface area (Å²) in [6.45, 7) is 3.47. The van der Waals surface area contributed by atoms with Gasteiger partial charge >= 0.3 is 0 Å². The number of thioether (sulfide) groups is 1. The molecule has 9 heteroatoms. The molecule has 0 bridgehead atoms. The lowest BCUT2D eigenvalue weighted by Gasteiger charge is -2.36. The number of nitriles is 1. The van der Waals surface area contributed by atoms with Crippen LogP contribution < -0.4 is 19.9 Å². The third-order valence-corrected chi connectivity index (χ3v) is 6.18. The number of methoxy groups -OCH3 is 1. The van der Waals surface area contributed by atoms with E-state index in [1.807, 2.05) is 18.2 Å². The predicted molar refractivity (Wildman–Crippen MR) is 130 cm³/mol. The number of piperazine rings is 1. The van der Waals surface area contributed by atoms with Crippen molar-refractivity contribution in [2.45, 2.75) is 5.16 Å². The minimum atomic E-state index is -0.204. The molecule has 0 saturated carbocycles. The molecule has 8 nitrogen and oxygen atoms in total. The number of hydrogen-bond donors (Lipinski definition) is 1. The maximum absolute atomic E-state index is 12.3. The maximum Gasteiger partial charge on any atom is 0.234 e. The molecule has 168 valence electrons. The third kappa shape index (κ3) is 5.73. The number of benzene rings is 2. The van der Waals surface area contributed by atoms with Crippen LogP contribution in [0.5, 0.6) is 5.75 Å². The van der Waals surface area contributed by atoms with Crippen LogP contribution in [0.2, 0.25) is 0 Å². The van der Waals surface area contributed by atoms with Gasteiger partial charge in [0.15, 0.2) is 5.16 Å². The van der Waals surface area contributed by atoms with E-state index >= 15 is 0 Å². The second-order valence-electron chi connectivity index (χ2n) is 7.36. The lowest BCUT2D eigenvalue weighted by atomic mass is 10.2. The van der Waals surface area contributed by atoms with E-state index in [0.29, 0.717) is 16.4 Å². The molecule has 2 heterocycles. The van der Waals surface area contributed by atoms with Gasteiger partial charge in [-0.1, -0.05) is 23.9 Å². The van der Waals surface area contributed by atoms with E-state index in [1.54, 1.807) is 37.6 Å². The summed E-state index contributed by atoms with van der Waals surface area (Å²) in [7, 11) is 1.67. The number of aromatic nitrogens is 2. The second-order valence-corrected chi connectivity index (χ2v) is 8.31. The highest BCUT2D eigenvalue weighted by Crippen LogP contribution is 2.23. The van der Waals surface area contributed by atoms with Gasteiger partial charge in [0.2, 0.25) is 5.91 Å². The van der Waals surface area contributed by atoms with Crippen LogP contribution in [0.1, 0.15) is 5.56 Å². The van der Waals surface area contributed by atoms with Crippen LogP contribution in [0.25, 0.3) is 0 Å². The SMILES string of the molecule is COc1ccc(N2CCN(c3ccnc(SCC(=O)Nc4ccccc4C#N)n3)CC2)cc1. The fourth-order valence-corrected chi connectivity index (χ4v) is 4.20. The fraction of sp³-hybridized carbons (Fsp3) is 0.250. The van der Waals surface area contributed by atoms with Crippen molar-refractivity contribution in [3.63, 3.8) is 0 Å². The molecule has 0 unspecified atom stereocenters. The van der Waals surface area contributed by atoms with Gasteiger partial charge in [-0.3, -0.25) is 4.79 Å². The van der Waals surface area contributed by atoms with Crippen LogP contribution in [0, 0.1) is 11.3 Å². The highest BCUT2D eigenvalue weighted by molar-refractivity contribution is 7.99. The Balaban J connectivity index is 1.31. The molecule has 1 amide bonds. The van der Waals surface area contributed by atoms with Crippen LogP contribution in [-0.4, -0.2) is 54.9 Å². The molecule has 1 aliphatic heterocycles. The number of carbonyl (C=O) groups excluding carboxylic acids is 1. The summed E-state index contributed by atoms with van der Waals surface area (Å²) < 4.78 is 5.24. The van der Waals surface area contributed by atoms with Gasteiger partial charge in [0, 0.05) is 38.1 Å². The quantitative estimate of drug-likeness (QED) is 0.423. The first kappa shape index (κ1) is 22.4. The standard InChI is InChI=1S/C24H24N6O2S/c1-32-20-8-6-19(7-9-20)29-12-14-30(15-13-29)22-10-11-26-24(28-22)33-17-23(31)27-21-5-3-2-4-18(21)16-25/h2-11H,12-15,17H2,1H3,(H,27,31). The molecule has 33 heavy (non-hydrogen) atoms. The number of nitrogens with zero attached hydrogens (tertiary/aromatic N) is 5. The molecular weight excluding hydrogens is 436 g/mol. The third-order valence-electron chi connectivity index (χ3n) is 5.31. The molecule has 2 aromatic carbocycles. The van der Waals surface area contributed by atoms with Crippen molar-refractivity contribution in [1.29, 1.82) is 5.26 Å². The summed E-state index contributed by atoms with van der Waals surface area (Å²) in [5, 5.41) is 12.5. The highest BCUT2D eigenvalue weighted by Gasteiger charge is 2.19. The van der Waals surface area contributed by atoms with E-state index < -0.39 is 0 Å². The fourth-order valence-electron chi connectivity index (χ4n) is 3.57. The minimum absolute atomic E-state index is 0.161. The van der Waals surface area contributed by atoms with E-state index in [9.17, 15) is 4.79 Å². The smallest absolute Gasteiger partial charge is 0.234 e. The summed E-state index contributed by atoms with van der Waals surface area (Å²) in [4.78, 5) is 25.8. The number of carbonyl (C=O) groups is 1. The normalized spacial score (nSPS) is 13.3. The van der Waals surface area contributed by atoms with Crippen molar-refractivity contribution in [2.24, 2.45) is 0 Å². The molecule has 1 fully saturated rings. The molecule has 1 N–H and O–H groups in total. The van der Waals surface area contributed by atoms with Crippen molar-refractivity contribution in [3.05, 3.63) is 66.4 Å². The number of rotatable bonds is 7. The van der Waals surface area contributed by atoms with E-state index in [-0.39, 0.29) is 11.7 Å². The number of para-hydroxylation sites is 1. The zero-order valence-electron chi connectivity index (χ0n) is 18.3. The number of hydrogen-bond acceptors (Lipinski definition) is 8. The summed E-state index contributed by atoms with van der Waals surface area (Å²) >= 11 is 1.27. The number of anilines is 3. The van der Waals surface area contributed by atoms with E-state index in [0.717, 1.165) is 37.7 Å². The van der Waals surface area contributed by atoms with Gasteiger partial charge in [-0.25, -0.2) is 9.97 Å². The first-order valence-electron chi connectivity index (χ1n) is 10.5. The zero-order chi connectivity index (χ0) is 23.0. The number of amides is 1. The largest absolute Gasteiger partial charge is 0.497 e. The van der Waals surface area contributed by atoms with E-state index in [4.69, 9.17) is 10.00 Å². The summed E-state index contributed by atoms with van der Waals surface area (Å²) in [5.74, 6) is 1.67. The van der Waals surface area contributed by atoms with E-state index in [2.05, 4.69) is 43.3 Å². The first-order chi connectivity index (χ1) is 16.2. The van der Waals surface area contributed by atoms with Crippen LogP contribution >= 0.6 is 11.8 Å². The van der Waals surface area contributed by atoms with Gasteiger partial charge in [0.25, 0.3) is 0 Å². The van der Waals surface area contributed by atoms with Gasteiger partial charge in [-0.05, 0) is 42.5 Å². The molecular formula is C24H24N6O2S. The van der Waals surface area contributed by atoms with Gasteiger partial charge < -0.3 is 19.9 Å². The average Bonchev–Trinajstić information content (AvgIpc) is 2.88. The summed E-state index contributed by atoms with van der Waals surface area (Å²) in [6.07, 6.45) is 1.73. The number of ether oxygens (including phenoxy) is 1. The summed E-state index contributed by atoms with van der Waals surface area (Å²) in [6, 6.07) is 19.0. The van der Waals surface area contributed by atoms with E-state index in [1.165, 1.54) is 17.4 Å². The Labute approximate surface area is 197 Å². The maximum atomic E-state index is 12.3. The Morgan fingerprint density at radius 1 is 1.09 bits per heavy atom. The molecule has 1 aromatic heterocycles. The van der Waals surface area contributed by atoms with Gasteiger partial charge in [-0.15, -0.1) is 0 Å². The molecule has 0 aliphatic carbocycles. The molecule has 3 aromatic rings.